The van der Waals surface area contributed by atoms with Gasteiger partial charge in [0.25, 0.3) is 0 Å². The summed E-state index contributed by atoms with van der Waals surface area (Å²) in [5.41, 5.74) is 2.23. The van der Waals surface area contributed by atoms with Crippen LogP contribution in [-0.2, 0) is 11.3 Å². The van der Waals surface area contributed by atoms with Gasteiger partial charge in [-0.3, -0.25) is 4.84 Å². The third-order valence-electron chi connectivity index (χ3n) is 3.90. The van der Waals surface area contributed by atoms with Gasteiger partial charge in [-0.2, -0.15) is 0 Å². The molecule has 0 amide bonds. The van der Waals surface area contributed by atoms with Crippen LogP contribution in [0, 0.1) is 0 Å². The van der Waals surface area contributed by atoms with Crippen LogP contribution in [0.15, 0.2) is 42.0 Å². The topological polar surface area (TPSA) is 35.8 Å². The lowest BCUT2D eigenvalue weighted by molar-refractivity contribution is 0.105. The summed E-state index contributed by atoms with van der Waals surface area (Å²) in [7, 11) is 0. The summed E-state index contributed by atoms with van der Waals surface area (Å²) in [6, 6.07) is 10.4. The number of allylic oxidation sites excluding steroid dienone is 1. The van der Waals surface area contributed by atoms with E-state index in [9.17, 15) is 5.11 Å². The molecule has 0 bridgehead atoms. The van der Waals surface area contributed by atoms with Crippen LogP contribution in [0.2, 0.25) is 0 Å². The number of hydrogen-bond donors (Lipinski definition) is 1. The summed E-state index contributed by atoms with van der Waals surface area (Å²) >= 11 is 0. The highest BCUT2D eigenvalue weighted by Gasteiger charge is 2.60. The normalized spacial score (nSPS) is 35.1. The Kier molecular flexibility index (Phi) is 2.98. The Bertz CT molecular complexity index is 457. The van der Waals surface area contributed by atoms with E-state index in [-0.39, 0.29) is 11.8 Å². The molecule has 3 atom stereocenters. The number of piperidine rings is 1. The minimum atomic E-state index is -0.317. The molecule has 2 heterocycles. The van der Waals surface area contributed by atoms with Crippen molar-refractivity contribution in [2.45, 2.75) is 38.0 Å². The average Bonchev–Trinajstić information content (AvgIpc) is 3.11. The molecular formula is C15H19NO2. The molecule has 3 nitrogen and oxygen atoms in total. The van der Waals surface area contributed by atoms with Crippen LogP contribution >= 0.6 is 0 Å². The summed E-state index contributed by atoms with van der Waals surface area (Å²) in [5.74, 6) is 0. The Morgan fingerprint density at radius 3 is 3.00 bits per heavy atom. The molecule has 0 radical (unpaired) electrons. The molecule has 0 aromatic heterocycles. The standard InChI is InChI=1S/C15H19NO2/c1-2-13(10-12-6-4-3-5-7-12)15-11-14(17)8-9-16(15)18-15/h2-7,14,17H,8-11H2,1H3/b13-2-. The third kappa shape index (κ3) is 1.99. The van der Waals surface area contributed by atoms with E-state index in [4.69, 9.17) is 4.84 Å². The maximum atomic E-state index is 9.85. The van der Waals surface area contributed by atoms with Crippen molar-refractivity contribution in [3.63, 3.8) is 0 Å². The zero-order valence-electron chi connectivity index (χ0n) is 10.7. The Hall–Kier alpha value is -1.16. The lowest BCUT2D eigenvalue weighted by Crippen LogP contribution is -2.34. The van der Waals surface area contributed by atoms with Gasteiger partial charge >= 0.3 is 0 Å². The number of nitrogens with zero attached hydrogens (tertiary/aromatic N) is 1. The van der Waals surface area contributed by atoms with Gasteiger partial charge in [-0.15, -0.1) is 5.06 Å². The summed E-state index contributed by atoms with van der Waals surface area (Å²) in [5, 5.41) is 11.9. The second-order valence-electron chi connectivity index (χ2n) is 5.10. The maximum Gasteiger partial charge on any atom is 0.189 e. The third-order valence-corrected chi connectivity index (χ3v) is 3.90. The van der Waals surface area contributed by atoms with Gasteiger partial charge in [0.05, 0.1) is 6.10 Å². The first-order valence-corrected chi connectivity index (χ1v) is 6.59. The van der Waals surface area contributed by atoms with Crippen LogP contribution < -0.4 is 0 Å². The molecule has 0 spiro atoms. The highest BCUT2D eigenvalue weighted by molar-refractivity contribution is 5.29. The van der Waals surface area contributed by atoms with Crippen molar-refractivity contribution in [3.05, 3.63) is 47.5 Å². The Labute approximate surface area is 108 Å². The van der Waals surface area contributed by atoms with E-state index in [1.807, 2.05) is 18.1 Å². The van der Waals surface area contributed by atoms with Crippen molar-refractivity contribution < 1.29 is 9.94 Å². The second kappa shape index (κ2) is 4.50. The molecule has 2 fully saturated rings. The van der Waals surface area contributed by atoms with Gasteiger partial charge in [0, 0.05) is 13.0 Å². The maximum absolute atomic E-state index is 9.85. The molecule has 2 aliphatic rings. The van der Waals surface area contributed by atoms with Gasteiger partial charge in [0.1, 0.15) is 0 Å². The van der Waals surface area contributed by atoms with Gasteiger partial charge in [-0.05, 0) is 30.9 Å². The fourth-order valence-electron chi connectivity index (χ4n) is 2.85. The molecular weight excluding hydrogens is 226 g/mol. The molecule has 18 heavy (non-hydrogen) atoms. The number of aliphatic hydroxyl groups is 1. The molecule has 1 aromatic rings. The van der Waals surface area contributed by atoms with E-state index < -0.39 is 0 Å². The van der Waals surface area contributed by atoms with Crippen LogP contribution in [0.5, 0.6) is 0 Å². The van der Waals surface area contributed by atoms with E-state index in [0.29, 0.717) is 6.42 Å². The van der Waals surface area contributed by atoms with Crippen molar-refractivity contribution in [1.29, 1.82) is 0 Å². The lowest BCUT2D eigenvalue weighted by Gasteiger charge is -2.24. The number of hydrogen-bond acceptors (Lipinski definition) is 3. The first-order valence-electron chi connectivity index (χ1n) is 6.59. The van der Waals surface area contributed by atoms with Crippen LogP contribution in [0.3, 0.4) is 0 Å². The number of benzene rings is 1. The molecule has 0 aliphatic carbocycles. The highest BCUT2D eigenvalue weighted by Crippen LogP contribution is 2.49. The fraction of sp³-hybridized carbons (Fsp3) is 0.467. The zero-order chi connectivity index (χ0) is 12.6. The van der Waals surface area contributed by atoms with Gasteiger partial charge in [-0.25, -0.2) is 0 Å². The summed E-state index contributed by atoms with van der Waals surface area (Å²) in [4.78, 5) is 5.77. The SMILES string of the molecule is C/C=C(/Cc1ccccc1)C12CC(O)CCN1O2. The molecule has 96 valence electrons. The van der Waals surface area contributed by atoms with Crippen LogP contribution in [0.4, 0.5) is 0 Å². The van der Waals surface area contributed by atoms with Gasteiger partial charge in [-0.1, -0.05) is 36.4 Å². The predicted octanol–water partition coefficient (Wildman–Crippen LogP) is 2.27. The number of fused-ring (bicyclic) bond motifs is 1. The quantitative estimate of drug-likeness (QED) is 0.655. The smallest absolute Gasteiger partial charge is 0.189 e. The molecule has 0 saturated carbocycles. The predicted molar refractivity (Wildman–Crippen MR) is 69.7 cm³/mol. The summed E-state index contributed by atoms with van der Waals surface area (Å²) in [6.45, 7) is 2.88. The van der Waals surface area contributed by atoms with Crippen molar-refractivity contribution in [2.75, 3.05) is 6.54 Å². The minimum Gasteiger partial charge on any atom is -0.393 e. The first kappa shape index (κ1) is 11.9. The molecule has 3 unspecified atom stereocenters. The molecule has 2 aliphatic heterocycles. The van der Waals surface area contributed by atoms with Gasteiger partial charge in [0.2, 0.25) is 0 Å². The van der Waals surface area contributed by atoms with Crippen molar-refractivity contribution >= 4 is 0 Å². The van der Waals surface area contributed by atoms with Crippen LogP contribution in [0.25, 0.3) is 0 Å². The van der Waals surface area contributed by atoms with Crippen molar-refractivity contribution in [3.8, 4) is 0 Å². The lowest BCUT2D eigenvalue weighted by atomic mass is 9.89. The van der Waals surface area contributed by atoms with Gasteiger partial charge < -0.3 is 5.11 Å². The van der Waals surface area contributed by atoms with Crippen molar-refractivity contribution in [2.24, 2.45) is 0 Å². The van der Waals surface area contributed by atoms with Gasteiger partial charge in [0.15, 0.2) is 5.72 Å². The Morgan fingerprint density at radius 1 is 1.50 bits per heavy atom. The van der Waals surface area contributed by atoms with Crippen LogP contribution in [-0.4, -0.2) is 28.5 Å². The van der Waals surface area contributed by atoms with E-state index >= 15 is 0 Å². The monoisotopic (exact) mass is 245 g/mol. The van der Waals surface area contributed by atoms with Crippen LogP contribution in [0.1, 0.15) is 25.3 Å². The summed E-state index contributed by atoms with van der Waals surface area (Å²) in [6.07, 6.45) is 4.28. The Morgan fingerprint density at radius 2 is 2.28 bits per heavy atom. The van der Waals surface area contributed by atoms with E-state index in [1.165, 1.54) is 11.1 Å². The first-order chi connectivity index (χ1) is 8.74. The highest BCUT2D eigenvalue weighted by atomic mass is 16.9. The molecule has 1 aromatic carbocycles. The number of hydroxylamine groups is 2. The number of rotatable bonds is 3. The van der Waals surface area contributed by atoms with E-state index in [1.54, 1.807) is 0 Å². The molecule has 3 heteroatoms. The van der Waals surface area contributed by atoms with E-state index in [2.05, 4.69) is 30.3 Å². The van der Waals surface area contributed by atoms with Crippen molar-refractivity contribution in [1.82, 2.24) is 5.06 Å². The second-order valence-corrected chi connectivity index (χ2v) is 5.10. The fourth-order valence-corrected chi connectivity index (χ4v) is 2.85. The largest absolute Gasteiger partial charge is 0.393 e. The summed E-state index contributed by atoms with van der Waals surface area (Å²) < 4.78 is 0. The average molecular weight is 245 g/mol. The minimum absolute atomic E-state index is 0.241. The molecule has 3 rings (SSSR count). The Balaban J connectivity index is 1.78. The molecule has 1 N–H and O–H groups in total. The number of aliphatic hydroxyl groups excluding tert-OH is 1. The zero-order valence-corrected chi connectivity index (χ0v) is 10.7. The van der Waals surface area contributed by atoms with E-state index in [0.717, 1.165) is 19.4 Å². The molecule has 2 saturated heterocycles.